The van der Waals surface area contributed by atoms with E-state index in [1.54, 1.807) is 7.05 Å². The zero-order valence-corrected chi connectivity index (χ0v) is 8.18. The van der Waals surface area contributed by atoms with Crippen LogP contribution in [0.5, 0.6) is 0 Å². The highest BCUT2D eigenvalue weighted by molar-refractivity contribution is 5.82. The summed E-state index contributed by atoms with van der Waals surface area (Å²) in [5, 5.41) is 2.92. The van der Waals surface area contributed by atoms with E-state index in [-0.39, 0.29) is 17.2 Å². The van der Waals surface area contributed by atoms with Crippen molar-refractivity contribution in [2.75, 3.05) is 7.05 Å². The molecule has 70 valence electrons. The molecule has 0 spiro atoms. The Hall–Kier alpha value is -0.700. The monoisotopic (exact) mass is 171 g/mol. The molecule has 0 saturated heterocycles. The van der Waals surface area contributed by atoms with Crippen LogP contribution in [0.4, 0.5) is 0 Å². The van der Waals surface area contributed by atoms with E-state index < -0.39 is 0 Å². The third-order valence-electron chi connectivity index (χ3n) is 2.09. The number of carbonyl (C=O) groups is 2. The van der Waals surface area contributed by atoms with Gasteiger partial charge in [0.05, 0.1) is 6.04 Å². The molecular formula is C9H17NO2. The largest absolute Gasteiger partial charge is 0.310 e. The zero-order valence-electron chi connectivity index (χ0n) is 8.18. The van der Waals surface area contributed by atoms with Crippen molar-refractivity contribution >= 4 is 12.1 Å². The van der Waals surface area contributed by atoms with E-state index in [0.29, 0.717) is 6.42 Å². The topological polar surface area (TPSA) is 46.2 Å². The van der Waals surface area contributed by atoms with Crippen molar-refractivity contribution in [3.05, 3.63) is 0 Å². The first-order chi connectivity index (χ1) is 5.45. The van der Waals surface area contributed by atoms with Crippen molar-refractivity contribution in [1.29, 1.82) is 0 Å². The first-order valence-corrected chi connectivity index (χ1v) is 4.07. The highest BCUT2D eigenvalue weighted by Crippen LogP contribution is 2.24. The van der Waals surface area contributed by atoms with E-state index in [1.807, 2.05) is 13.8 Å². The number of ketones is 1. The Kier molecular flexibility index (Phi) is 4.10. The van der Waals surface area contributed by atoms with Crippen LogP contribution in [-0.2, 0) is 9.59 Å². The maximum absolute atomic E-state index is 11.1. The van der Waals surface area contributed by atoms with Crippen LogP contribution in [0, 0.1) is 5.41 Å². The van der Waals surface area contributed by atoms with Crippen molar-refractivity contribution in [3.63, 3.8) is 0 Å². The maximum Gasteiger partial charge on any atom is 0.147 e. The predicted octanol–water partition coefficient (Wildman–Crippen LogP) is 0.779. The van der Waals surface area contributed by atoms with Crippen LogP contribution < -0.4 is 5.32 Å². The summed E-state index contributed by atoms with van der Waals surface area (Å²) in [5.74, 6) is 0.0735. The van der Waals surface area contributed by atoms with Crippen LogP contribution in [0.3, 0.4) is 0 Å². The lowest BCUT2D eigenvalue weighted by atomic mass is 9.80. The molecule has 3 nitrogen and oxygen atoms in total. The van der Waals surface area contributed by atoms with E-state index in [2.05, 4.69) is 5.32 Å². The molecule has 0 saturated carbocycles. The molecule has 0 aliphatic carbocycles. The number of nitrogens with one attached hydrogen (secondary N) is 1. The van der Waals surface area contributed by atoms with Gasteiger partial charge in [-0.2, -0.15) is 0 Å². The normalized spacial score (nSPS) is 14.0. The molecular weight excluding hydrogens is 154 g/mol. The number of hydrogen-bond acceptors (Lipinski definition) is 3. The zero-order chi connectivity index (χ0) is 9.78. The summed E-state index contributed by atoms with van der Waals surface area (Å²) in [5.41, 5.74) is -0.289. The lowest BCUT2D eigenvalue weighted by Crippen LogP contribution is -2.45. The molecule has 0 aromatic carbocycles. The molecule has 1 unspecified atom stereocenters. The van der Waals surface area contributed by atoms with E-state index in [1.165, 1.54) is 6.92 Å². The number of hydrogen-bond donors (Lipinski definition) is 1. The third kappa shape index (κ3) is 2.74. The molecule has 0 aliphatic heterocycles. The minimum atomic E-state index is -0.289. The van der Waals surface area contributed by atoms with Crippen molar-refractivity contribution < 1.29 is 9.59 Å². The molecule has 0 aliphatic rings. The Balaban J connectivity index is 4.46. The second-order valence-electron chi connectivity index (χ2n) is 3.69. The van der Waals surface area contributed by atoms with Gasteiger partial charge in [-0.1, -0.05) is 13.8 Å². The molecule has 1 N–H and O–H groups in total. The lowest BCUT2D eigenvalue weighted by Gasteiger charge is -2.30. The second-order valence-corrected chi connectivity index (χ2v) is 3.69. The van der Waals surface area contributed by atoms with Gasteiger partial charge in [0.15, 0.2) is 0 Å². The summed E-state index contributed by atoms with van der Waals surface area (Å²) in [6.45, 7) is 5.35. The molecule has 12 heavy (non-hydrogen) atoms. The van der Waals surface area contributed by atoms with Crippen LogP contribution in [0.1, 0.15) is 27.2 Å². The maximum atomic E-state index is 11.1. The quantitative estimate of drug-likeness (QED) is 0.622. The van der Waals surface area contributed by atoms with Crippen LogP contribution in [0.15, 0.2) is 0 Å². The molecule has 0 radical (unpaired) electrons. The molecule has 0 bridgehead atoms. The van der Waals surface area contributed by atoms with Gasteiger partial charge in [-0.25, -0.2) is 0 Å². The van der Waals surface area contributed by atoms with Crippen molar-refractivity contribution in [2.24, 2.45) is 5.41 Å². The molecule has 0 amide bonds. The van der Waals surface area contributed by atoms with Crippen LogP contribution >= 0.6 is 0 Å². The third-order valence-corrected chi connectivity index (χ3v) is 2.09. The van der Waals surface area contributed by atoms with Crippen molar-refractivity contribution in [3.8, 4) is 0 Å². The minimum absolute atomic E-state index is 0.0735. The number of likely N-dealkylation sites (N-methyl/N-ethyl adjacent to an activating group) is 1. The summed E-state index contributed by atoms with van der Waals surface area (Å²) in [6, 6.07) is -0.234. The van der Waals surface area contributed by atoms with Gasteiger partial charge in [0.1, 0.15) is 12.1 Å². The molecule has 3 heteroatoms. The Labute approximate surface area is 73.5 Å². The summed E-state index contributed by atoms with van der Waals surface area (Å²) < 4.78 is 0. The fourth-order valence-corrected chi connectivity index (χ4v) is 1.48. The standard InChI is InChI=1S/C9H17NO2/c1-7(12)8(10-4)9(2,3)5-6-11/h6,8,10H,5H2,1-4H3. The molecule has 0 fully saturated rings. The van der Waals surface area contributed by atoms with Gasteiger partial charge in [0.2, 0.25) is 0 Å². The highest BCUT2D eigenvalue weighted by Gasteiger charge is 2.30. The van der Waals surface area contributed by atoms with Gasteiger partial charge < -0.3 is 10.1 Å². The molecule has 0 aromatic heterocycles. The average molecular weight is 171 g/mol. The Bertz CT molecular complexity index is 175. The predicted molar refractivity (Wildman–Crippen MR) is 48.0 cm³/mol. The summed E-state index contributed by atoms with van der Waals surface area (Å²) in [6.07, 6.45) is 1.26. The van der Waals surface area contributed by atoms with E-state index in [9.17, 15) is 9.59 Å². The number of carbonyl (C=O) groups excluding carboxylic acids is 2. The molecule has 0 heterocycles. The summed E-state index contributed by atoms with van der Waals surface area (Å²) >= 11 is 0. The van der Waals surface area contributed by atoms with Crippen LogP contribution in [-0.4, -0.2) is 25.2 Å². The van der Waals surface area contributed by atoms with Gasteiger partial charge in [0.25, 0.3) is 0 Å². The van der Waals surface area contributed by atoms with E-state index in [0.717, 1.165) is 6.29 Å². The van der Waals surface area contributed by atoms with Crippen LogP contribution in [0.25, 0.3) is 0 Å². The summed E-state index contributed by atoms with van der Waals surface area (Å²) in [4.78, 5) is 21.4. The minimum Gasteiger partial charge on any atom is -0.310 e. The first kappa shape index (κ1) is 11.3. The van der Waals surface area contributed by atoms with Crippen LogP contribution in [0.2, 0.25) is 0 Å². The average Bonchev–Trinajstić information content (AvgIpc) is 1.86. The van der Waals surface area contributed by atoms with Crippen molar-refractivity contribution in [1.82, 2.24) is 5.32 Å². The fraction of sp³-hybridized carbons (Fsp3) is 0.778. The Morgan fingerprint density at radius 3 is 2.33 bits per heavy atom. The Morgan fingerprint density at radius 1 is 1.58 bits per heavy atom. The lowest BCUT2D eigenvalue weighted by molar-refractivity contribution is -0.122. The van der Waals surface area contributed by atoms with Gasteiger partial charge in [-0.3, -0.25) is 4.79 Å². The summed E-state index contributed by atoms with van der Waals surface area (Å²) in [7, 11) is 1.73. The van der Waals surface area contributed by atoms with E-state index >= 15 is 0 Å². The molecule has 0 rings (SSSR count). The molecule has 0 aromatic rings. The second kappa shape index (κ2) is 4.36. The highest BCUT2D eigenvalue weighted by atomic mass is 16.1. The number of rotatable bonds is 5. The number of Topliss-reactive ketones (excluding diaryl/α,β-unsaturated/α-hetero) is 1. The Morgan fingerprint density at radius 2 is 2.08 bits per heavy atom. The first-order valence-electron chi connectivity index (χ1n) is 4.07. The molecule has 1 atom stereocenters. The van der Waals surface area contributed by atoms with Gasteiger partial charge in [-0.15, -0.1) is 0 Å². The number of aldehydes is 1. The van der Waals surface area contributed by atoms with Crippen molar-refractivity contribution in [2.45, 2.75) is 33.2 Å². The smallest absolute Gasteiger partial charge is 0.147 e. The SMILES string of the molecule is CNC(C(C)=O)C(C)(C)CC=O. The van der Waals surface area contributed by atoms with Gasteiger partial charge >= 0.3 is 0 Å². The van der Waals surface area contributed by atoms with E-state index in [4.69, 9.17) is 0 Å². The van der Waals surface area contributed by atoms with Gasteiger partial charge in [0, 0.05) is 6.42 Å². The fourth-order valence-electron chi connectivity index (χ4n) is 1.48. The van der Waals surface area contributed by atoms with Gasteiger partial charge in [-0.05, 0) is 19.4 Å².